The van der Waals surface area contributed by atoms with E-state index in [4.69, 9.17) is 4.74 Å². The van der Waals surface area contributed by atoms with Crippen molar-refractivity contribution in [2.24, 2.45) is 0 Å². The van der Waals surface area contributed by atoms with Gasteiger partial charge in [-0.1, -0.05) is 18.2 Å². The van der Waals surface area contributed by atoms with Gasteiger partial charge in [0.2, 0.25) is 0 Å². The minimum Gasteiger partial charge on any atom is -0.483 e. The fraction of sp³-hybridized carbons (Fsp3) is 0.412. The number of aryl methyl sites for hydroxylation is 3. The van der Waals surface area contributed by atoms with Crippen LogP contribution in [0.15, 0.2) is 18.2 Å². The van der Waals surface area contributed by atoms with Gasteiger partial charge in [-0.05, 0) is 31.9 Å². The largest absolute Gasteiger partial charge is 0.483 e. The number of aliphatic carboxylic acids is 1. The second kappa shape index (κ2) is 6.54. The SMILES string of the molecule is Cc1cccc(C)c1OCC(=O)N1Cc2nnc(C)n2CC1C(=O)O. The van der Waals surface area contributed by atoms with Crippen LogP contribution in [0.1, 0.15) is 22.8 Å². The first kappa shape index (κ1) is 16.9. The van der Waals surface area contributed by atoms with Crippen molar-refractivity contribution in [2.45, 2.75) is 39.9 Å². The molecular formula is C17H20N4O4. The predicted octanol–water partition coefficient (Wildman–Crippen LogP) is 1.08. The van der Waals surface area contributed by atoms with Crippen LogP contribution in [-0.2, 0) is 22.7 Å². The number of carbonyl (C=O) groups is 2. The van der Waals surface area contributed by atoms with Crippen molar-refractivity contribution in [3.8, 4) is 5.75 Å². The molecule has 2 aromatic rings. The van der Waals surface area contributed by atoms with Crippen molar-refractivity contribution < 1.29 is 19.4 Å². The molecule has 1 aliphatic heterocycles. The van der Waals surface area contributed by atoms with Crippen molar-refractivity contribution in [2.75, 3.05) is 6.61 Å². The molecule has 1 aliphatic rings. The number of rotatable bonds is 4. The van der Waals surface area contributed by atoms with Crippen molar-refractivity contribution in [1.29, 1.82) is 0 Å². The number of nitrogens with zero attached hydrogens (tertiary/aromatic N) is 4. The van der Waals surface area contributed by atoms with E-state index in [2.05, 4.69) is 10.2 Å². The summed E-state index contributed by atoms with van der Waals surface area (Å²) in [7, 11) is 0. The van der Waals surface area contributed by atoms with Crippen LogP contribution in [0, 0.1) is 20.8 Å². The van der Waals surface area contributed by atoms with E-state index in [1.54, 1.807) is 11.5 Å². The van der Waals surface area contributed by atoms with Gasteiger partial charge in [-0.3, -0.25) is 4.79 Å². The molecule has 132 valence electrons. The van der Waals surface area contributed by atoms with E-state index < -0.39 is 12.0 Å². The molecule has 0 saturated heterocycles. The molecule has 8 nitrogen and oxygen atoms in total. The third-order valence-corrected chi connectivity index (χ3v) is 4.41. The van der Waals surface area contributed by atoms with Crippen LogP contribution in [0.2, 0.25) is 0 Å². The maximum Gasteiger partial charge on any atom is 0.328 e. The Morgan fingerprint density at radius 1 is 1.24 bits per heavy atom. The molecule has 0 saturated carbocycles. The summed E-state index contributed by atoms with van der Waals surface area (Å²) in [4.78, 5) is 25.5. The van der Waals surface area contributed by atoms with Gasteiger partial charge in [-0.25, -0.2) is 4.79 Å². The molecule has 1 aromatic heterocycles. The van der Waals surface area contributed by atoms with Crippen molar-refractivity contribution in [1.82, 2.24) is 19.7 Å². The maximum atomic E-state index is 12.6. The van der Waals surface area contributed by atoms with Crippen molar-refractivity contribution >= 4 is 11.9 Å². The van der Waals surface area contributed by atoms with Crippen LogP contribution >= 0.6 is 0 Å². The van der Waals surface area contributed by atoms with Crippen molar-refractivity contribution in [3.05, 3.63) is 41.0 Å². The smallest absolute Gasteiger partial charge is 0.328 e. The second-order valence-electron chi connectivity index (χ2n) is 6.16. The Bertz CT molecular complexity index is 810. The minimum atomic E-state index is -1.06. The standard InChI is InChI=1S/C17H20N4O4/c1-10-5-4-6-11(2)16(10)25-9-15(22)21-8-14-19-18-12(3)20(14)7-13(21)17(23)24/h4-6,13H,7-9H2,1-3H3,(H,23,24). The highest BCUT2D eigenvalue weighted by molar-refractivity contribution is 5.84. The molecule has 1 atom stereocenters. The van der Waals surface area contributed by atoms with Crippen LogP contribution in [0.5, 0.6) is 5.75 Å². The lowest BCUT2D eigenvalue weighted by Gasteiger charge is -2.33. The third kappa shape index (κ3) is 3.19. The maximum absolute atomic E-state index is 12.6. The summed E-state index contributed by atoms with van der Waals surface area (Å²) in [5, 5.41) is 17.5. The molecule has 0 bridgehead atoms. The van der Waals surface area contributed by atoms with Gasteiger partial charge in [0.25, 0.3) is 5.91 Å². The van der Waals surface area contributed by atoms with Gasteiger partial charge in [0.05, 0.1) is 13.1 Å². The molecule has 25 heavy (non-hydrogen) atoms. The topological polar surface area (TPSA) is 97.5 Å². The van der Waals surface area contributed by atoms with Gasteiger partial charge < -0.3 is 19.3 Å². The van der Waals surface area contributed by atoms with Gasteiger partial charge in [0, 0.05) is 0 Å². The quantitative estimate of drug-likeness (QED) is 0.891. The van der Waals surface area contributed by atoms with E-state index in [0.717, 1.165) is 11.1 Å². The molecule has 3 rings (SSSR count). The lowest BCUT2D eigenvalue weighted by Crippen LogP contribution is -2.52. The number of carbonyl (C=O) groups excluding carboxylic acids is 1. The third-order valence-electron chi connectivity index (χ3n) is 4.41. The van der Waals surface area contributed by atoms with Gasteiger partial charge >= 0.3 is 5.97 Å². The lowest BCUT2D eigenvalue weighted by molar-refractivity contribution is -0.153. The average molecular weight is 344 g/mol. The number of ether oxygens (including phenoxy) is 1. The zero-order valence-corrected chi connectivity index (χ0v) is 14.4. The summed E-state index contributed by atoms with van der Waals surface area (Å²) < 4.78 is 7.41. The number of benzene rings is 1. The van der Waals surface area contributed by atoms with Crippen LogP contribution in [0.3, 0.4) is 0 Å². The molecule has 8 heteroatoms. The Labute approximate surface area is 145 Å². The molecule has 0 radical (unpaired) electrons. The van der Waals surface area contributed by atoms with Crippen LogP contribution in [0.4, 0.5) is 0 Å². The highest BCUT2D eigenvalue weighted by Crippen LogP contribution is 2.23. The molecule has 1 unspecified atom stereocenters. The second-order valence-corrected chi connectivity index (χ2v) is 6.16. The molecular weight excluding hydrogens is 324 g/mol. The summed E-state index contributed by atoms with van der Waals surface area (Å²) in [6.45, 7) is 5.59. The van der Waals surface area contributed by atoms with E-state index in [1.165, 1.54) is 4.90 Å². The first-order chi connectivity index (χ1) is 11.9. The zero-order chi connectivity index (χ0) is 18.1. The van der Waals surface area contributed by atoms with Gasteiger partial charge in [0.15, 0.2) is 12.4 Å². The van der Waals surface area contributed by atoms with Gasteiger partial charge in [-0.2, -0.15) is 0 Å². The fourth-order valence-electron chi connectivity index (χ4n) is 3.03. The summed E-state index contributed by atoms with van der Waals surface area (Å²) in [5.41, 5.74) is 1.85. The summed E-state index contributed by atoms with van der Waals surface area (Å²) >= 11 is 0. The average Bonchev–Trinajstić information content (AvgIpc) is 2.93. The summed E-state index contributed by atoms with van der Waals surface area (Å²) in [5.74, 6) is 0.426. The Hall–Kier alpha value is -2.90. The summed E-state index contributed by atoms with van der Waals surface area (Å²) in [6, 6.07) is 4.76. The number of fused-ring (bicyclic) bond motifs is 1. The minimum absolute atomic E-state index is 0.104. The number of carboxylic acids is 1. The van der Waals surface area contributed by atoms with E-state index in [0.29, 0.717) is 17.4 Å². The first-order valence-electron chi connectivity index (χ1n) is 7.98. The Kier molecular flexibility index (Phi) is 4.43. The number of aromatic nitrogens is 3. The molecule has 1 amide bonds. The van der Waals surface area contributed by atoms with Crippen molar-refractivity contribution in [3.63, 3.8) is 0 Å². The van der Waals surface area contributed by atoms with E-state index in [1.807, 2.05) is 32.0 Å². The first-order valence-corrected chi connectivity index (χ1v) is 7.98. The number of para-hydroxylation sites is 1. The monoisotopic (exact) mass is 344 g/mol. The van der Waals surface area contributed by atoms with E-state index in [-0.39, 0.29) is 25.6 Å². The summed E-state index contributed by atoms with van der Waals surface area (Å²) in [6.07, 6.45) is 0. The van der Waals surface area contributed by atoms with Crippen LogP contribution in [0.25, 0.3) is 0 Å². The Balaban J connectivity index is 1.77. The number of amides is 1. The molecule has 1 N–H and O–H groups in total. The van der Waals surface area contributed by atoms with Gasteiger partial charge in [-0.15, -0.1) is 10.2 Å². The van der Waals surface area contributed by atoms with E-state index in [9.17, 15) is 14.7 Å². The Morgan fingerprint density at radius 3 is 2.56 bits per heavy atom. The zero-order valence-electron chi connectivity index (χ0n) is 14.4. The highest BCUT2D eigenvalue weighted by Gasteiger charge is 2.36. The molecule has 0 aliphatic carbocycles. The molecule has 2 heterocycles. The van der Waals surface area contributed by atoms with Gasteiger partial charge in [0.1, 0.15) is 17.6 Å². The molecule has 0 spiro atoms. The predicted molar refractivity (Wildman–Crippen MR) is 88.1 cm³/mol. The Morgan fingerprint density at radius 2 is 1.92 bits per heavy atom. The number of hydrogen-bond donors (Lipinski definition) is 1. The fourth-order valence-corrected chi connectivity index (χ4v) is 3.03. The normalized spacial score (nSPS) is 16.4. The molecule has 1 aromatic carbocycles. The number of hydrogen-bond acceptors (Lipinski definition) is 5. The molecule has 0 fully saturated rings. The van der Waals surface area contributed by atoms with Crippen LogP contribution < -0.4 is 4.74 Å². The highest BCUT2D eigenvalue weighted by atomic mass is 16.5. The van der Waals surface area contributed by atoms with Crippen LogP contribution in [-0.4, -0.2) is 49.3 Å². The number of carboxylic acid groups (broad SMARTS) is 1. The van der Waals surface area contributed by atoms with E-state index >= 15 is 0 Å². The lowest BCUT2D eigenvalue weighted by atomic mass is 10.1.